The maximum absolute atomic E-state index is 13.5. The highest BCUT2D eigenvalue weighted by atomic mass is 79.9. The summed E-state index contributed by atoms with van der Waals surface area (Å²) >= 11 is 3.43. The van der Waals surface area contributed by atoms with Crippen LogP contribution in [0.25, 0.3) is 10.9 Å². The van der Waals surface area contributed by atoms with Crippen molar-refractivity contribution in [3.8, 4) is 5.75 Å². The van der Waals surface area contributed by atoms with Crippen LogP contribution in [0.2, 0.25) is 0 Å². The Balaban J connectivity index is 1.50. The van der Waals surface area contributed by atoms with Crippen LogP contribution in [0.5, 0.6) is 5.75 Å². The second-order valence-electron chi connectivity index (χ2n) is 9.09. The van der Waals surface area contributed by atoms with Gasteiger partial charge in [-0.2, -0.15) is 9.78 Å². The third kappa shape index (κ3) is 5.61. The number of nitro groups is 1. The fourth-order valence-corrected chi connectivity index (χ4v) is 5.00. The van der Waals surface area contributed by atoms with Crippen LogP contribution in [0.1, 0.15) is 55.0 Å². The first kappa shape index (κ1) is 24.8. The zero-order chi connectivity index (χ0) is 25.8. The van der Waals surface area contributed by atoms with E-state index >= 15 is 0 Å². The molecule has 1 fully saturated rings. The van der Waals surface area contributed by atoms with Crippen molar-refractivity contribution >= 4 is 38.7 Å². The van der Waals surface area contributed by atoms with Crippen molar-refractivity contribution in [1.29, 1.82) is 0 Å². The molecular formula is C28H25BrN4O4. The van der Waals surface area contributed by atoms with Gasteiger partial charge in [0.1, 0.15) is 12.4 Å². The van der Waals surface area contributed by atoms with E-state index in [4.69, 9.17) is 9.72 Å². The van der Waals surface area contributed by atoms with Gasteiger partial charge in [-0.15, -0.1) is 0 Å². The third-order valence-electron chi connectivity index (χ3n) is 6.54. The average Bonchev–Trinajstić information content (AvgIpc) is 2.93. The first-order valence-electron chi connectivity index (χ1n) is 12.2. The minimum Gasteiger partial charge on any atom is -0.482 e. The Morgan fingerprint density at radius 1 is 1.08 bits per heavy atom. The van der Waals surface area contributed by atoms with Crippen LogP contribution in [0, 0.1) is 10.1 Å². The summed E-state index contributed by atoms with van der Waals surface area (Å²) in [5, 5.41) is 16.7. The van der Waals surface area contributed by atoms with Crippen LogP contribution in [-0.4, -0.2) is 20.8 Å². The highest BCUT2D eigenvalue weighted by molar-refractivity contribution is 9.10. The fourth-order valence-electron chi connectivity index (χ4n) is 4.64. The van der Waals surface area contributed by atoms with Crippen LogP contribution < -0.4 is 10.3 Å². The van der Waals surface area contributed by atoms with Crippen LogP contribution in [0.4, 0.5) is 5.69 Å². The molecule has 0 bridgehead atoms. The van der Waals surface area contributed by atoms with Crippen molar-refractivity contribution in [3.05, 3.63) is 109 Å². The number of hydrogen-bond donors (Lipinski definition) is 0. The predicted octanol–water partition coefficient (Wildman–Crippen LogP) is 6.58. The molecule has 1 saturated carbocycles. The molecule has 9 heteroatoms. The van der Waals surface area contributed by atoms with Gasteiger partial charge in [0.25, 0.3) is 5.56 Å². The Labute approximate surface area is 221 Å². The summed E-state index contributed by atoms with van der Waals surface area (Å²) in [6.45, 7) is 0.216. The van der Waals surface area contributed by atoms with Gasteiger partial charge in [0, 0.05) is 22.0 Å². The SMILES string of the molecule is O=c1c2cc(Br)ccc2nc(C2CCCCC2)n1N=Cc1ccc(OCc2ccccc2)c([N+](=O)[O-])c1. The molecule has 37 heavy (non-hydrogen) atoms. The van der Waals surface area contributed by atoms with Gasteiger partial charge in [0.15, 0.2) is 5.75 Å². The minimum absolute atomic E-state index is 0.134. The van der Waals surface area contributed by atoms with Crippen molar-refractivity contribution in [2.75, 3.05) is 0 Å². The molecule has 1 heterocycles. The third-order valence-corrected chi connectivity index (χ3v) is 7.04. The van der Waals surface area contributed by atoms with Gasteiger partial charge in [-0.1, -0.05) is 65.5 Å². The predicted molar refractivity (Wildman–Crippen MR) is 146 cm³/mol. The molecule has 0 aliphatic heterocycles. The van der Waals surface area contributed by atoms with E-state index in [1.807, 2.05) is 42.5 Å². The van der Waals surface area contributed by atoms with Crippen molar-refractivity contribution in [3.63, 3.8) is 0 Å². The van der Waals surface area contributed by atoms with E-state index in [2.05, 4.69) is 21.0 Å². The van der Waals surface area contributed by atoms with Gasteiger partial charge in [-0.25, -0.2) is 4.98 Å². The monoisotopic (exact) mass is 560 g/mol. The lowest BCUT2D eigenvalue weighted by Crippen LogP contribution is -2.25. The van der Waals surface area contributed by atoms with Gasteiger partial charge in [0.2, 0.25) is 0 Å². The molecule has 188 valence electrons. The fraction of sp³-hybridized carbons (Fsp3) is 0.250. The van der Waals surface area contributed by atoms with Crippen LogP contribution in [-0.2, 0) is 6.61 Å². The summed E-state index contributed by atoms with van der Waals surface area (Å²) in [6, 6.07) is 19.5. The Hall–Kier alpha value is -3.85. The molecule has 5 rings (SSSR count). The molecule has 3 aromatic carbocycles. The van der Waals surface area contributed by atoms with E-state index in [1.54, 1.807) is 18.2 Å². The number of aromatic nitrogens is 2. The first-order chi connectivity index (χ1) is 18.0. The first-order valence-corrected chi connectivity index (χ1v) is 13.0. The molecule has 0 atom stereocenters. The number of halogens is 1. The van der Waals surface area contributed by atoms with E-state index in [0.717, 1.165) is 35.7 Å². The van der Waals surface area contributed by atoms with E-state index in [0.29, 0.717) is 22.3 Å². The average molecular weight is 561 g/mol. The van der Waals surface area contributed by atoms with Crippen LogP contribution >= 0.6 is 15.9 Å². The van der Waals surface area contributed by atoms with Gasteiger partial charge >= 0.3 is 5.69 Å². The number of hydrogen-bond acceptors (Lipinski definition) is 6. The number of fused-ring (bicyclic) bond motifs is 1. The molecule has 8 nitrogen and oxygen atoms in total. The van der Waals surface area contributed by atoms with Crippen LogP contribution in [0.15, 0.2) is 81.1 Å². The minimum atomic E-state index is -0.480. The molecule has 4 aromatic rings. The molecular weight excluding hydrogens is 536 g/mol. The lowest BCUT2D eigenvalue weighted by molar-refractivity contribution is -0.385. The standard InChI is InChI=1S/C28H25BrN4O4/c29-22-12-13-24-23(16-22)28(34)32(27(31-24)21-9-5-2-6-10-21)30-17-20-11-14-26(25(15-20)33(35)36)37-18-19-7-3-1-4-8-19/h1,3-4,7-8,11-17,21H,2,5-6,9-10,18H2. The molecule has 0 radical (unpaired) electrons. The van der Waals surface area contributed by atoms with E-state index < -0.39 is 4.92 Å². The molecule has 0 N–H and O–H groups in total. The van der Waals surface area contributed by atoms with E-state index in [-0.39, 0.29) is 29.5 Å². The molecule has 0 saturated heterocycles. The topological polar surface area (TPSA) is 99.6 Å². The van der Waals surface area contributed by atoms with E-state index in [1.165, 1.54) is 23.4 Å². The zero-order valence-corrected chi connectivity index (χ0v) is 21.6. The summed E-state index contributed by atoms with van der Waals surface area (Å²) in [4.78, 5) is 29.6. The maximum Gasteiger partial charge on any atom is 0.311 e. The quantitative estimate of drug-likeness (QED) is 0.144. The number of nitro benzene ring substituents is 1. The molecule has 1 aromatic heterocycles. The summed E-state index contributed by atoms with van der Waals surface area (Å²) in [6.07, 6.45) is 6.70. The summed E-state index contributed by atoms with van der Waals surface area (Å²) in [5.41, 5.74) is 1.60. The highest BCUT2D eigenvalue weighted by Crippen LogP contribution is 2.32. The molecule has 0 unspecified atom stereocenters. The Kier molecular flexibility index (Phi) is 7.41. The number of benzene rings is 3. The summed E-state index contributed by atoms with van der Waals surface area (Å²) < 4.78 is 7.86. The van der Waals surface area contributed by atoms with Crippen LogP contribution in [0.3, 0.4) is 0 Å². The molecule has 1 aliphatic rings. The zero-order valence-electron chi connectivity index (χ0n) is 20.0. The van der Waals surface area contributed by atoms with Crippen molar-refractivity contribution in [2.24, 2.45) is 5.10 Å². The summed E-state index contributed by atoms with van der Waals surface area (Å²) in [5.74, 6) is 0.936. The molecule has 1 aliphatic carbocycles. The second-order valence-corrected chi connectivity index (χ2v) is 10.0. The van der Waals surface area contributed by atoms with Gasteiger partial charge in [0.05, 0.1) is 22.0 Å². The highest BCUT2D eigenvalue weighted by Gasteiger charge is 2.23. The largest absolute Gasteiger partial charge is 0.482 e. The number of nitrogens with zero attached hydrogens (tertiary/aromatic N) is 4. The van der Waals surface area contributed by atoms with E-state index in [9.17, 15) is 14.9 Å². The lowest BCUT2D eigenvalue weighted by Gasteiger charge is -2.22. The summed E-state index contributed by atoms with van der Waals surface area (Å²) in [7, 11) is 0. The number of rotatable bonds is 7. The van der Waals surface area contributed by atoms with Crippen molar-refractivity contribution in [1.82, 2.24) is 9.66 Å². The lowest BCUT2D eigenvalue weighted by atomic mass is 9.88. The Morgan fingerprint density at radius 2 is 1.86 bits per heavy atom. The smallest absolute Gasteiger partial charge is 0.311 e. The normalized spacial score (nSPS) is 14.3. The van der Waals surface area contributed by atoms with Gasteiger partial charge < -0.3 is 4.74 Å². The Morgan fingerprint density at radius 3 is 2.62 bits per heavy atom. The molecule has 0 spiro atoms. The van der Waals surface area contributed by atoms with Gasteiger partial charge in [-0.3, -0.25) is 14.9 Å². The van der Waals surface area contributed by atoms with Crippen molar-refractivity contribution < 1.29 is 9.66 Å². The second kappa shape index (κ2) is 11.0. The van der Waals surface area contributed by atoms with Crippen molar-refractivity contribution in [2.45, 2.75) is 44.6 Å². The van der Waals surface area contributed by atoms with Gasteiger partial charge in [-0.05, 0) is 48.7 Å². The maximum atomic E-state index is 13.5. The molecule has 0 amide bonds. The number of ether oxygens (including phenoxy) is 1. The Bertz CT molecular complexity index is 1530.